The van der Waals surface area contributed by atoms with Gasteiger partial charge in [-0.15, -0.1) is 0 Å². The molecule has 0 aliphatic carbocycles. The molecule has 0 fully saturated rings. The van der Waals surface area contributed by atoms with E-state index in [9.17, 15) is 39.6 Å². The Balaban J connectivity index is -0.0000000873. The molecule has 0 saturated heterocycles. The molecular weight excluding hydrogens is 432 g/mol. The summed E-state index contributed by atoms with van der Waals surface area (Å²) in [6.45, 7) is -0.302. The van der Waals surface area contributed by atoms with Gasteiger partial charge in [-0.05, 0) is 51.4 Å². The molecule has 13 heteroatoms. The van der Waals surface area contributed by atoms with Crippen LogP contribution < -0.4 is 20.4 Å². The molecule has 0 unspecified atom stereocenters. The van der Waals surface area contributed by atoms with Crippen LogP contribution in [-0.2, 0) is 40.9 Å². The van der Waals surface area contributed by atoms with Crippen LogP contribution in [0.5, 0.6) is 0 Å². The van der Waals surface area contributed by atoms with Crippen LogP contribution in [0.2, 0.25) is 0 Å². The van der Waals surface area contributed by atoms with Gasteiger partial charge in [0.05, 0.1) is 0 Å². The van der Waals surface area contributed by atoms with Gasteiger partial charge in [0.15, 0.2) is 0 Å². The molecule has 0 heterocycles. The standard InChI is InChI=1S/4C4H8O3.Ti/c4*5-3-1-2-4(6)7;/h4*5H,1-3H2,(H,6,7);/q;;;;+4/p-4. The van der Waals surface area contributed by atoms with Crippen molar-refractivity contribution in [3.63, 3.8) is 0 Å². The van der Waals surface area contributed by atoms with E-state index in [1.165, 1.54) is 0 Å². The molecule has 0 aromatic heterocycles. The summed E-state index contributed by atoms with van der Waals surface area (Å²) in [7, 11) is 0. The van der Waals surface area contributed by atoms with Crippen LogP contribution in [-0.4, -0.2) is 70.7 Å². The summed E-state index contributed by atoms with van der Waals surface area (Å²) in [6, 6.07) is 0. The maximum Gasteiger partial charge on any atom is 4.00 e. The summed E-state index contributed by atoms with van der Waals surface area (Å²) in [5.41, 5.74) is 0. The summed E-state index contributed by atoms with van der Waals surface area (Å²) in [5.74, 6) is -4.41. The van der Waals surface area contributed by atoms with Crippen molar-refractivity contribution in [1.82, 2.24) is 0 Å². The van der Waals surface area contributed by atoms with Gasteiger partial charge in [0, 0.05) is 50.3 Å². The van der Waals surface area contributed by atoms with Crippen LogP contribution in [0.15, 0.2) is 0 Å². The molecule has 0 aromatic carbocycles. The molecule has 29 heavy (non-hydrogen) atoms. The number of hydrogen-bond donors (Lipinski definition) is 4. The average Bonchev–Trinajstić information content (AvgIpc) is 2.62. The number of aliphatic hydroxyl groups is 4. The zero-order valence-corrected chi connectivity index (χ0v) is 17.6. The quantitative estimate of drug-likeness (QED) is 0.199. The molecule has 0 saturated carbocycles. The van der Waals surface area contributed by atoms with Gasteiger partial charge in [0.25, 0.3) is 0 Å². The fourth-order valence-electron chi connectivity index (χ4n) is 0.894. The molecule has 0 atom stereocenters. The van der Waals surface area contributed by atoms with Crippen molar-refractivity contribution in [3.8, 4) is 0 Å². The van der Waals surface area contributed by atoms with Crippen molar-refractivity contribution in [3.05, 3.63) is 0 Å². The molecule has 4 N–H and O–H groups in total. The Bertz CT molecular complexity index is 318. The van der Waals surface area contributed by atoms with Crippen molar-refractivity contribution < 1.29 is 81.7 Å². The zero-order valence-electron chi connectivity index (χ0n) is 16.0. The summed E-state index contributed by atoms with van der Waals surface area (Å²) in [5, 5.41) is 70.2. The normalized spacial score (nSPS) is 8.41. The van der Waals surface area contributed by atoms with Crippen LogP contribution in [0.25, 0.3) is 0 Å². The summed E-state index contributed by atoms with van der Waals surface area (Å²) in [6.07, 6.45) is 0.995. The number of carbonyl (C=O) groups excluding carboxylic acids is 4. The molecule has 0 rings (SSSR count). The van der Waals surface area contributed by atoms with Gasteiger partial charge in [-0.1, -0.05) is 0 Å². The number of carboxylic acid groups (broad SMARTS) is 4. The smallest absolute Gasteiger partial charge is 0.550 e. The van der Waals surface area contributed by atoms with Gasteiger partial charge in [0.1, 0.15) is 0 Å². The third-order valence-corrected chi connectivity index (χ3v) is 2.16. The topological polar surface area (TPSA) is 241 Å². The Morgan fingerprint density at radius 1 is 0.448 bits per heavy atom. The molecular formula is C16H28O12Ti. The van der Waals surface area contributed by atoms with Gasteiger partial charge in [-0.2, -0.15) is 0 Å². The minimum absolute atomic E-state index is 0. The minimum atomic E-state index is -1.10. The first-order valence-corrected chi connectivity index (χ1v) is 8.31. The number of carboxylic acids is 4. The maximum atomic E-state index is 9.54. The predicted molar refractivity (Wildman–Crippen MR) is 85.3 cm³/mol. The number of aliphatic carboxylic acids is 4. The zero-order chi connectivity index (χ0) is 22.8. The number of aliphatic hydroxyl groups excluding tert-OH is 4. The second-order valence-electron chi connectivity index (χ2n) is 4.80. The van der Waals surface area contributed by atoms with Gasteiger partial charge < -0.3 is 60.0 Å². The monoisotopic (exact) mass is 460 g/mol. The third kappa shape index (κ3) is 75.7. The van der Waals surface area contributed by atoms with Crippen molar-refractivity contribution in [2.24, 2.45) is 0 Å². The molecule has 168 valence electrons. The third-order valence-electron chi connectivity index (χ3n) is 2.16. The molecule has 0 amide bonds. The molecule has 0 aromatic rings. The fourth-order valence-corrected chi connectivity index (χ4v) is 0.894. The average molecular weight is 460 g/mol. The Labute approximate surface area is 183 Å². The van der Waals surface area contributed by atoms with Crippen molar-refractivity contribution >= 4 is 23.9 Å². The first kappa shape index (κ1) is 38.1. The predicted octanol–water partition coefficient (Wildman–Crippen LogP) is -5.97. The second-order valence-corrected chi connectivity index (χ2v) is 4.80. The molecule has 0 radical (unpaired) electrons. The molecule has 0 spiro atoms. The van der Waals surface area contributed by atoms with E-state index in [-0.39, 0.29) is 73.8 Å². The van der Waals surface area contributed by atoms with E-state index in [2.05, 4.69) is 0 Å². The Hall–Kier alpha value is -1.57. The first-order chi connectivity index (χ1) is 13.1. The first-order valence-electron chi connectivity index (χ1n) is 8.31. The van der Waals surface area contributed by atoms with Crippen LogP contribution >= 0.6 is 0 Å². The molecule has 0 bridgehead atoms. The van der Waals surface area contributed by atoms with E-state index in [0.29, 0.717) is 25.7 Å². The second kappa shape index (κ2) is 34.0. The van der Waals surface area contributed by atoms with Crippen molar-refractivity contribution in [2.75, 3.05) is 26.4 Å². The Kier molecular flexibility index (Phi) is 44.6. The van der Waals surface area contributed by atoms with E-state index < -0.39 is 23.9 Å². The molecule has 12 nitrogen and oxygen atoms in total. The van der Waals surface area contributed by atoms with Gasteiger partial charge >= 0.3 is 21.7 Å². The molecule has 0 aliphatic heterocycles. The largest absolute Gasteiger partial charge is 4.00 e. The summed E-state index contributed by atoms with van der Waals surface area (Å²) >= 11 is 0. The van der Waals surface area contributed by atoms with E-state index in [0.717, 1.165) is 0 Å². The number of hydrogen-bond acceptors (Lipinski definition) is 12. The number of carbonyl (C=O) groups is 4. The summed E-state index contributed by atoms with van der Waals surface area (Å²) < 4.78 is 0. The minimum Gasteiger partial charge on any atom is -0.550 e. The van der Waals surface area contributed by atoms with Crippen LogP contribution in [0.4, 0.5) is 0 Å². The van der Waals surface area contributed by atoms with Gasteiger partial charge in [-0.3, -0.25) is 0 Å². The van der Waals surface area contributed by atoms with E-state index in [1.807, 2.05) is 0 Å². The maximum absolute atomic E-state index is 9.54. The summed E-state index contributed by atoms with van der Waals surface area (Å²) in [4.78, 5) is 38.1. The Morgan fingerprint density at radius 3 is 0.621 bits per heavy atom. The van der Waals surface area contributed by atoms with Crippen molar-refractivity contribution in [2.45, 2.75) is 51.4 Å². The van der Waals surface area contributed by atoms with E-state index in [4.69, 9.17) is 20.4 Å². The SMILES string of the molecule is O=C([O-])CCCO.O=C([O-])CCCO.O=C([O-])CCCO.O=C([O-])CCCO.[Ti+4]. The Morgan fingerprint density at radius 2 is 0.586 bits per heavy atom. The van der Waals surface area contributed by atoms with Crippen LogP contribution in [0.3, 0.4) is 0 Å². The van der Waals surface area contributed by atoms with Crippen molar-refractivity contribution in [1.29, 1.82) is 0 Å². The van der Waals surface area contributed by atoms with Crippen LogP contribution in [0.1, 0.15) is 51.4 Å². The van der Waals surface area contributed by atoms with E-state index in [1.54, 1.807) is 0 Å². The number of rotatable bonds is 12. The fraction of sp³-hybridized carbons (Fsp3) is 0.750. The molecule has 0 aliphatic rings. The van der Waals surface area contributed by atoms with Crippen LogP contribution in [0, 0.1) is 0 Å². The van der Waals surface area contributed by atoms with Gasteiger partial charge in [0.2, 0.25) is 0 Å². The van der Waals surface area contributed by atoms with E-state index >= 15 is 0 Å². The van der Waals surface area contributed by atoms with Gasteiger partial charge in [-0.25, -0.2) is 0 Å².